The minimum absolute atomic E-state index is 0.0226. The van der Waals surface area contributed by atoms with Crippen LogP contribution in [0.25, 0.3) is 6.08 Å². The van der Waals surface area contributed by atoms with E-state index in [1.165, 1.54) is 0 Å². The van der Waals surface area contributed by atoms with Gasteiger partial charge in [-0.15, -0.1) is 11.8 Å². The van der Waals surface area contributed by atoms with E-state index in [1.54, 1.807) is 16.7 Å². The quantitative estimate of drug-likeness (QED) is 0.785. The smallest absolute Gasteiger partial charge is 0.260 e. The van der Waals surface area contributed by atoms with Crippen LogP contribution in [-0.4, -0.2) is 46.5 Å². The number of hydrogen-bond donors (Lipinski definition) is 2. The number of hydrogen-bond acceptors (Lipinski definition) is 4. The molecule has 1 aromatic rings. The minimum Gasteiger partial charge on any atom is -0.507 e. The number of rotatable bonds is 3. The van der Waals surface area contributed by atoms with Crippen molar-refractivity contribution < 1.29 is 15.0 Å². The molecule has 0 radical (unpaired) electrons. The lowest BCUT2D eigenvalue weighted by Gasteiger charge is -2.29. The van der Waals surface area contributed by atoms with Gasteiger partial charge >= 0.3 is 0 Å². The monoisotopic (exact) mass is 377 g/mol. The van der Waals surface area contributed by atoms with E-state index in [0.29, 0.717) is 23.7 Å². The number of aliphatic hydroxyl groups excluding tert-OH is 1. The number of nitrogens with zero attached hydrogens (tertiary/aromatic N) is 1. The molecule has 0 unspecified atom stereocenters. The highest BCUT2D eigenvalue weighted by Crippen LogP contribution is 2.40. The highest BCUT2D eigenvalue weighted by atomic mass is 32.2. The Balaban J connectivity index is 2.54. The summed E-state index contributed by atoms with van der Waals surface area (Å²) >= 11 is 1.55. The third-order valence-electron chi connectivity index (χ3n) is 4.53. The first-order valence-electron chi connectivity index (χ1n) is 9.07. The Labute approximate surface area is 161 Å². The fraction of sp³-hybridized carbons (Fsp3) is 0.571. The molecule has 5 heteroatoms. The topological polar surface area (TPSA) is 60.8 Å². The van der Waals surface area contributed by atoms with Crippen LogP contribution in [0.2, 0.25) is 0 Å². The molecule has 0 bridgehead atoms. The summed E-state index contributed by atoms with van der Waals surface area (Å²) < 4.78 is 0. The summed E-state index contributed by atoms with van der Waals surface area (Å²) in [5, 5.41) is 20.0. The second-order valence-electron chi connectivity index (χ2n) is 8.84. The van der Waals surface area contributed by atoms with Crippen LogP contribution in [0.1, 0.15) is 58.2 Å². The SMILES string of the molecule is CC(C)(C)c1cc(C=C2SCCN(CCO)C2=O)cc(C(C)(C)C)c1O. The molecule has 0 atom stereocenters. The number of aromatic hydroxyl groups is 1. The first-order chi connectivity index (χ1) is 11.9. The predicted octanol–water partition coefficient (Wildman–Crippen LogP) is 3.90. The van der Waals surface area contributed by atoms with Crippen LogP contribution in [0, 0.1) is 0 Å². The lowest BCUT2D eigenvalue weighted by Crippen LogP contribution is -2.38. The Morgan fingerprint density at radius 2 is 1.65 bits per heavy atom. The maximum absolute atomic E-state index is 12.6. The van der Waals surface area contributed by atoms with E-state index in [9.17, 15) is 9.90 Å². The van der Waals surface area contributed by atoms with Crippen LogP contribution in [0.3, 0.4) is 0 Å². The van der Waals surface area contributed by atoms with Gasteiger partial charge in [-0.2, -0.15) is 0 Å². The van der Waals surface area contributed by atoms with Crippen molar-refractivity contribution in [3.63, 3.8) is 0 Å². The van der Waals surface area contributed by atoms with Gasteiger partial charge in [0.1, 0.15) is 5.75 Å². The van der Waals surface area contributed by atoms with Crippen molar-refractivity contribution in [2.45, 2.75) is 52.4 Å². The van der Waals surface area contributed by atoms with E-state index >= 15 is 0 Å². The number of aliphatic hydroxyl groups is 1. The highest BCUT2D eigenvalue weighted by molar-refractivity contribution is 8.04. The van der Waals surface area contributed by atoms with Crippen molar-refractivity contribution >= 4 is 23.7 Å². The molecule has 2 rings (SSSR count). The van der Waals surface area contributed by atoms with Gasteiger partial charge in [0.15, 0.2) is 0 Å². The van der Waals surface area contributed by atoms with Gasteiger partial charge in [0.25, 0.3) is 5.91 Å². The summed E-state index contributed by atoms with van der Waals surface area (Å²) in [6.07, 6.45) is 1.92. The van der Waals surface area contributed by atoms with E-state index in [4.69, 9.17) is 5.11 Å². The van der Waals surface area contributed by atoms with Gasteiger partial charge in [0.2, 0.25) is 0 Å². The number of β-amino-alcohol motifs (C(OH)–C–C–N with tert-alkyl or cyclic N) is 1. The zero-order chi connectivity index (χ0) is 19.7. The molecule has 2 N–H and O–H groups in total. The Morgan fingerprint density at radius 3 is 2.12 bits per heavy atom. The number of carbonyl (C=O) groups excluding carboxylic acids is 1. The lowest BCUT2D eigenvalue weighted by molar-refractivity contribution is -0.126. The molecule has 1 aliphatic heterocycles. The highest BCUT2D eigenvalue weighted by Gasteiger charge is 2.27. The molecule has 1 aromatic carbocycles. The van der Waals surface area contributed by atoms with E-state index in [2.05, 4.69) is 41.5 Å². The molecule has 26 heavy (non-hydrogen) atoms. The molecule has 1 saturated heterocycles. The van der Waals surface area contributed by atoms with Gasteiger partial charge in [-0.1, -0.05) is 41.5 Å². The van der Waals surface area contributed by atoms with Gasteiger partial charge in [-0.05, 0) is 34.6 Å². The first-order valence-corrected chi connectivity index (χ1v) is 10.1. The van der Waals surface area contributed by atoms with Crippen LogP contribution in [-0.2, 0) is 15.6 Å². The van der Waals surface area contributed by atoms with Gasteiger partial charge in [-0.3, -0.25) is 4.79 Å². The Hall–Kier alpha value is -1.46. The average Bonchev–Trinajstić information content (AvgIpc) is 2.50. The summed E-state index contributed by atoms with van der Waals surface area (Å²) in [5.41, 5.74) is 2.30. The number of phenols is 1. The van der Waals surface area contributed by atoms with Gasteiger partial charge in [0, 0.05) is 30.0 Å². The van der Waals surface area contributed by atoms with Crippen molar-refractivity contribution in [1.82, 2.24) is 4.90 Å². The van der Waals surface area contributed by atoms with Crippen molar-refractivity contribution in [3.05, 3.63) is 33.7 Å². The molecule has 4 nitrogen and oxygen atoms in total. The summed E-state index contributed by atoms with van der Waals surface area (Å²) in [6.45, 7) is 13.5. The maximum atomic E-state index is 12.6. The Bertz CT molecular complexity index is 674. The van der Waals surface area contributed by atoms with Crippen molar-refractivity contribution in [1.29, 1.82) is 0 Å². The van der Waals surface area contributed by atoms with E-state index in [1.807, 2.05) is 18.2 Å². The van der Waals surface area contributed by atoms with Gasteiger partial charge in [-0.25, -0.2) is 0 Å². The zero-order valence-electron chi connectivity index (χ0n) is 16.7. The molecular weight excluding hydrogens is 346 g/mol. The number of amides is 1. The minimum atomic E-state index is -0.203. The molecule has 1 amide bonds. The van der Waals surface area contributed by atoms with E-state index < -0.39 is 0 Å². The van der Waals surface area contributed by atoms with Crippen molar-refractivity contribution in [3.8, 4) is 5.75 Å². The third-order valence-corrected chi connectivity index (χ3v) is 5.52. The molecule has 0 saturated carbocycles. The predicted molar refractivity (Wildman–Crippen MR) is 110 cm³/mol. The Kier molecular flexibility index (Phi) is 6.13. The van der Waals surface area contributed by atoms with Crippen LogP contribution in [0.15, 0.2) is 17.0 Å². The van der Waals surface area contributed by atoms with Crippen molar-refractivity contribution in [2.75, 3.05) is 25.4 Å². The fourth-order valence-electron chi connectivity index (χ4n) is 3.06. The molecule has 1 heterocycles. The zero-order valence-corrected chi connectivity index (χ0v) is 17.5. The largest absolute Gasteiger partial charge is 0.507 e. The van der Waals surface area contributed by atoms with E-state index in [0.717, 1.165) is 22.4 Å². The van der Waals surface area contributed by atoms with Crippen LogP contribution in [0.4, 0.5) is 0 Å². The Morgan fingerprint density at radius 1 is 1.12 bits per heavy atom. The second kappa shape index (κ2) is 7.65. The summed E-state index contributed by atoms with van der Waals surface area (Å²) in [6, 6.07) is 3.97. The molecule has 1 fully saturated rings. The van der Waals surface area contributed by atoms with E-state index in [-0.39, 0.29) is 23.3 Å². The first kappa shape index (κ1) is 20.8. The van der Waals surface area contributed by atoms with Crippen LogP contribution < -0.4 is 0 Å². The molecule has 0 aliphatic carbocycles. The number of thioether (sulfide) groups is 1. The molecule has 144 valence electrons. The summed E-state index contributed by atoms with van der Waals surface area (Å²) in [5.74, 6) is 1.14. The normalized spacial score (nSPS) is 17.9. The maximum Gasteiger partial charge on any atom is 0.260 e. The van der Waals surface area contributed by atoms with Gasteiger partial charge < -0.3 is 15.1 Å². The molecule has 0 aromatic heterocycles. The lowest BCUT2D eigenvalue weighted by atomic mass is 9.78. The summed E-state index contributed by atoms with van der Waals surface area (Å²) in [7, 11) is 0. The fourth-order valence-corrected chi connectivity index (χ4v) is 4.06. The standard InChI is InChI=1S/C21H31NO3S/c1-20(2,3)15-11-14(12-16(18(15)24)21(4,5)6)13-17-19(25)22(7-9-23)8-10-26-17/h11-13,23-24H,7-10H2,1-6H3. The molecule has 0 spiro atoms. The average molecular weight is 378 g/mol. The molecular formula is C21H31NO3S. The van der Waals surface area contributed by atoms with Crippen LogP contribution >= 0.6 is 11.8 Å². The number of carbonyl (C=O) groups is 1. The third kappa shape index (κ3) is 4.63. The number of benzene rings is 1. The summed E-state index contributed by atoms with van der Waals surface area (Å²) in [4.78, 5) is 15.0. The van der Waals surface area contributed by atoms with Crippen molar-refractivity contribution in [2.24, 2.45) is 0 Å². The molecule has 1 aliphatic rings. The van der Waals surface area contributed by atoms with Gasteiger partial charge in [0.05, 0.1) is 11.5 Å². The van der Waals surface area contributed by atoms with Crippen LogP contribution in [0.5, 0.6) is 5.75 Å². The number of phenolic OH excluding ortho intramolecular Hbond substituents is 1. The second-order valence-corrected chi connectivity index (χ2v) is 9.97.